The zero-order valence-corrected chi connectivity index (χ0v) is 16.3. The van der Waals surface area contributed by atoms with Crippen molar-refractivity contribution in [1.29, 1.82) is 0 Å². The number of esters is 2. The summed E-state index contributed by atoms with van der Waals surface area (Å²) in [5.74, 6) is -1.00. The van der Waals surface area contributed by atoms with Crippen LogP contribution in [0.4, 0.5) is 5.69 Å². The van der Waals surface area contributed by atoms with Crippen molar-refractivity contribution >= 4 is 17.6 Å². The van der Waals surface area contributed by atoms with Gasteiger partial charge in [-0.05, 0) is 36.8 Å². The Bertz CT molecular complexity index is 802. The largest absolute Gasteiger partial charge is 0.468 e. The fraction of sp³-hybridized carbons (Fsp3) is 0.545. The maximum absolute atomic E-state index is 13.3. The van der Waals surface area contributed by atoms with Crippen molar-refractivity contribution in [2.24, 2.45) is 11.3 Å². The van der Waals surface area contributed by atoms with E-state index in [1.807, 2.05) is 25.3 Å². The molecule has 4 rings (SSSR count). The maximum atomic E-state index is 13.3. The van der Waals surface area contributed by atoms with Crippen molar-refractivity contribution < 1.29 is 19.1 Å². The van der Waals surface area contributed by atoms with Crippen LogP contribution in [0.15, 0.2) is 36.9 Å². The fourth-order valence-electron chi connectivity index (χ4n) is 6.85. The number of ether oxygens (including phenoxy) is 2. The van der Waals surface area contributed by atoms with Crippen LogP contribution < -0.4 is 4.90 Å². The summed E-state index contributed by atoms with van der Waals surface area (Å²) in [5.41, 5.74) is -0.125. The van der Waals surface area contributed by atoms with E-state index >= 15 is 0 Å². The number of hydrogen-bond donors (Lipinski definition) is 0. The Morgan fingerprint density at radius 1 is 1.15 bits per heavy atom. The number of likely N-dealkylation sites (N-methyl/N-ethyl adjacent to an activating group) is 1. The highest BCUT2D eigenvalue weighted by Gasteiger charge is 2.82. The second-order valence-electron chi connectivity index (χ2n) is 8.05. The van der Waals surface area contributed by atoms with E-state index in [4.69, 9.17) is 9.47 Å². The number of allylic oxidation sites excluding steroid dienone is 1. The summed E-state index contributed by atoms with van der Waals surface area (Å²) in [6.07, 6.45) is 5.98. The zero-order valence-electron chi connectivity index (χ0n) is 16.3. The molecule has 0 N–H and O–H groups in total. The van der Waals surface area contributed by atoms with Gasteiger partial charge in [-0.3, -0.25) is 9.59 Å². The average Bonchev–Trinajstić information content (AvgIpc) is 3.13. The average molecular weight is 369 g/mol. The first kappa shape index (κ1) is 18.1. The minimum absolute atomic E-state index is 0.0119. The van der Waals surface area contributed by atoms with Gasteiger partial charge in [0.2, 0.25) is 0 Å². The number of hydrogen-bond acceptors (Lipinski definition) is 5. The van der Waals surface area contributed by atoms with Crippen molar-refractivity contribution in [3.05, 3.63) is 42.5 Å². The van der Waals surface area contributed by atoms with Gasteiger partial charge in [0.15, 0.2) is 5.41 Å². The third-order valence-electron chi connectivity index (χ3n) is 7.63. The number of para-hydroxylation sites is 1. The number of rotatable bonds is 3. The number of nitrogens with zero attached hydrogens (tertiary/aromatic N) is 1. The summed E-state index contributed by atoms with van der Waals surface area (Å²) in [4.78, 5) is 28.8. The van der Waals surface area contributed by atoms with Crippen LogP contribution in [0.5, 0.6) is 0 Å². The second kappa shape index (κ2) is 5.85. The lowest BCUT2D eigenvalue weighted by Gasteiger charge is -2.55. The molecule has 0 saturated heterocycles. The van der Waals surface area contributed by atoms with Crippen molar-refractivity contribution in [2.45, 2.75) is 43.1 Å². The number of fused-ring (bicyclic) bond motifs is 1. The van der Waals surface area contributed by atoms with Crippen LogP contribution in [-0.4, -0.2) is 38.7 Å². The molecule has 0 radical (unpaired) electrons. The molecule has 0 spiro atoms. The summed E-state index contributed by atoms with van der Waals surface area (Å²) >= 11 is 0. The Balaban J connectivity index is 2.12. The van der Waals surface area contributed by atoms with Gasteiger partial charge in [0.05, 0.1) is 19.8 Å². The predicted molar refractivity (Wildman–Crippen MR) is 102 cm³/mol. The Hall–Kier alpha value is -2.30. The first-order chi connectivity index (χ1) is 13.0. The van der Waals surface area contributed by atoms with Gasteiger partial charge in [-0.25, -0.2) is 0 Å². The van der Waals surface area contributed by atoms with E-state index in [0.29, 0.717) is 6.42 Å². The standard InChI is InChI=1S/C22H27NO4/c1-5-15-14-21(18(24)26-3,19(25)27-4)22-13-9-8-12-20(15,22)16-10-6-7-11-17(16)23(22)2/h5-7,10-11,15H,1,8-9,12-14H2,2-4H3/t15-,20+,22+/m1/s1. The van der Waals surface area contributed by atoms with Crippen molar-refractivity contribution in [3.63, 3.8) is 0 Å². The van der Waals surface area contributed by atoms with E-state index < -0.39 is 22.9 Å². The molecule has 5 nitrogen and oxygen atoms in total. The van der Waals surface area contributed by atoms with E-state index in [-0.39, 0.29) is 11.3 Å². The molecule has 1 heterocycles. The zero-order chi connectivity index (χ0) is 19.4. The molecule has 5 heteroatoms. The van der Waals surface area contributed by atoms with Crippen LogP contribution in [-0.2, 0) is 24.5 Å². The molecule has 1 aliphatic heterocycles. The number of carbonyl (C=O) groups excluding carboxylic acids is 2. The van der Waals surface area contributed by atoms with Gasteiger partial charge in [-0.1, -0.05) is 37.1 Å². The summed E-state index contributed by atoms with van der Waals surface area (Å²) in [5, 5.41) is 0. The number of methoxy groups -OCH3 is 2. The molecule has 0 aromatic heterocycles. The molecule has 0 unspecified atom stereocenters. The monoisotopic (exact) mass is 369 g/mol. The molecule has 0 amide bonds. The van der Waals surface area contributed by atoms with Crippen LogP contribution in [0.25, 0.3) is 0 Å². The topological polar surface area (TPSA) is 55.8 Å². The lowest BCUT2D eigenvalue weighted by molar-refractivity contribution is -0.175. The van der Waals surface area contributed by atoms with Gasteiger partial charge < -0.3 is 14.4 Å². The quantitative estimate of drug-likeness (QED) is 0.465. The molecule has 144 valence electrons. The van der Waals surface area contributed by atoms with Crippen LogP contribution >= 0.6 is 0 Å². The van der Waals surface area contributed by atoms with E-state index in [9.17, 15) is 9.59 Å². The van der Waals surface area contributed by atoms with Gasteiger partial charge in [0.25, 0.3) is 0 Å². The summed E-state index contributed by atoms with van der Waals surface area (Å²) in [6, 6.07) is 8.29. The van der Waals surface area contributed by atoms with Crippen molar-refractivity contribution in [1.82, 2.24) is 0 Å². The van der Waals surface area contributed by atoms with Crippen LogP contribution in [0.1, 0.15) is 37.7 Å². The Morgan fingerprint density at radius 3 is 2.41 bits per heavy atom. The van der Waals surface area contributed by atoms with Crippen LogP contribution in [0.3, 0.4) is 0 Å². The number of anilines is 1. The van der Waals surface area contributed by atoms with Gasteiger partial charge >= 0.3 is 11.9 Å². The highest BCUT2D eigenvalue weighted by molar-refractivity contribution is 6.05. The molecule has 2 aliphatic carbocycles. The Morgan fingerprint density at radius 2 is 1.78 bits per heavy atom. The molecule has 3 aliphatic rings. The van der Waals surface area contributed by atoms with Crippen LogP contribution in [0, 0.1) is 11.3 Å². The third-order valence-corrected chi connectivity index (χ3v) is 7.63. The second-order valence-corrected chi connectivity index (χ2v) is 8.05. The highest BCUT2D eigenvalue weighted by atomic mass is 16.5. The molecule has 3 atom stereocenters. The third kappa shape index (κ3) is 1.71. The molecule has 2 fully saturated rings. The summed E-state index contributed by atoms with van der Waals surface area (Å²) in [7, 11) is 4.73. The van der Waals surface area contributed by atoms with Crippen LogP contribution in [0.2, 0.25) is 0 Å². The smallest absolute Gasteiger partial charge is 0.325 e. The normalized spacial score (nSPS) is 32.9. The summed E-state index contributed by atoms with van der Waals surface area (Å²) < 4.78 is 10.5. The minimum atomic E-state index is -1.37. The first-order valence-electron chi connectivity index (χ1n) is 9.60. The number of carbonyl (C=O) groups is 2. The summed E-state index contributed by atoms with van der Waals surface area (Å²) in [6.45, 7) is 4.10. The Labute approximate surface area is 160 Å². The molecular formula is C22H27NO4. The first-order valence-corrected chi connectivity index (χ1v) is 9.60. The molecule has 2 saturated carbocycles. The Kier molecular flexibility index (Phi) is 3.92. The maximum Gasteiger partial charge on any atom is 0.325 e. The fourth-order valence-corrected chi connectivity index (χ4v) is 6.85. The lowest BCUT2D eigenvalue weighted by atomic mass is 9.53. The molecule has 1 aromatic carbocycles. The lowest BCUT2D eigenvalue weighted by Crippen LogP contribution is -2.69. The number of benzene rings is 1. The van der Waals surface area contributed by atoms with E-state index in [1.165, 1.54) is 19.8 Å². The van der Waals surface area contributed by atoms with E-state index in [2.05, 4.69) is 23.6 Å². The van der Waals surface area contributed by atoms with Gasteiger partial charge in [0.1, 0.15) is 0 Å². The van der Waals surface area contributed by atoms with E-state index in [0.717, 1.165) is 31.4 Å². The van der Waals surface area contributed by atoms with Crippen molar-refractivity contribution in [2.75, 3.05) is 26.2 Å². The van der Waals surface area contributed by atoms with Crippen molar-refractivity contribution in [3.8, 4) is 0 Å². The highest BCUT2D eigenvalue weighted by Crippen LogP contribution is 2.74. The molecule has 27 heavy (non-hydrogen) atoms. The predicted octanol–water partition coefficient (Wildman–Crippen LogP) is 3.23. The molecule has 0 bridgehead atoms. The van der Waals surface area contributed by atoms with Gasteiger partial charge in [-0.2, -0.15) is 0 Å². The molecular weight excluding hydrogens is 342 g/mol. The molecule has 1 aromatic rings. The SMILES string of the molecule is C=C[C@@H]1CC(C(=O)OC)(C(=O)OC)[C@]23CCCC[C@@]12c1ccccc1N3C. The van der Waals surface area contributed by atoms with Gasteiger partial charge in [0, 0.05) is 18.2 Å². The van der Waals surface area contributed by atoms with E-state index in [1.54, 1.807) is 0 Å². The minimum Gasteiger partial charge on any atom is -0.468 e. The van der Waals surface area contributed by atoms with Gasteiger partial charge in [-0.15, -0.1) is 6.58 Å².